The maximum absolute atomic E-state index is 12.2. The number of nitrogens with zero attached hydrogens (tertiary/aromatic N) is 1. The minimum absolute atomic E-state index is 0.0352. The smallest absolute Gasteiger partial charge is 0.340 e. The Labute approximate surface area is 138 Å². The lowest BCUT2D eigenvalue weighted by Gasteiger charge is -2.15. The molecule has 1 aliphatic heterocycles. The number of aromatic nitrogens is 1. The van der Waals surface area contributed by atoms with E-state index in [9.17, 15) is 9.59 Å². The highest BCUT2D eigenvalue weighted by atomic mass is 32.2. The average Bonchev–Trinajstić information content (AvgIpc) is 3.13. The summed E-state index contributed by atoms with van der Waals surface area (Å²) in [7, 11) is 2.63. The van der Waals surface area contributed by atoms with E-state index in [1.54, 1.807) is 11.8 Å². The molecule has 1 aromatic carbocycles. The first-order valence-electron chi connectivity index (χ1n) is 7.17. The van der Waals surface area contributed by atoms with Crippen LogP contribution in [0.2, 0.25) is 0 Å². The zero-order valence-corrected chi connectivity index (χ0v) is 14.0. The number of esters is 2. The molecular weight excluding hydrogens is 314 g/mol. The van der Waals surface area contributed by atoms with Crippen LogP contribution in [0, 0.1) is 6.92 Å². The second-order valence-electron chi connectivity index (χ2n) is 5.21. The molecule has 1 atom stereocenters. The van der Waals surface area contributed by atoms with E-state index in [4.69, 9.17) is 9.47 Å². The molecule has 0 N–H and O–H groups in total. The van der Waals surface area contributed by atoms with Crippen molar-refractivity contribution >= 4 is 23.7 Å². The summed E-state index contributed by atoms with van der Waals surface area (Å²) in [6.45, 7) is 1.84. The molecule has 1 aliphatic rings. The fourth-order valence-corrected chi connectivity index (χ4v) is 4.38. The summed E-state index contributed by atoms with van der Waals surface area (Å²) >= 11 is 1.72. The van der Waals surface area contributed by atoms with E-state index in [-0.39, 0.29) is 5.37 Å². The molecule has 1 aromatic heterocycles. The van der Waals surface area contributed by atoms with E-state index >= 15 is 0 Å². The van der Waals surface area contributed by atoms with Gasteiger partial charge in [-0.15, -0.1) is 11.8 Å². The van der Waals surface area contributed by atoms with Gasteiger partial charge in [-0.05, 0) is 12.5 Å². The van der Waals surface area contributed by atoms with Gasteiger partial charge in [-0.1, -0.05) is 30.3 Å². The van der Waals surface area contributed by atoms with Gasteiger partial charge in [0.05, 0.1) is 25.3 Å². The molecule has 23 heavy (non-hydrogen) atoms. The number of hydrogen-bond acceptors (Lipinski definition) is 5. The molecule has 0 amide bonds. The maximum Gasteiger partial charge on any atom is 0.340 e. The Morgan fingerprint density at radius 3 is 2.30 bits per heavy atom. The first kappa shape index (κ1) is 15.7. The highest BCUT2D eigenvalue weighted by molar-refractivity contribution is 7.99. The zero-order valence-electron chi connectivity index (χ0n) is 13.2. The van der Waals surface area contributed by atoms with Gasteiger partial charge in [0, 0.05) is 17.1 Å². The molecule has 0 bridgehead atoms. The normalized spacial score (nSPS) is 16.0. The number of carbonyl (C=O) groups is 2. The third-order valence-corrected chi connectivity index (χ3v) is 5.27. The topological polar surface area (TPSA) is 57.5 Å². The van der Waals surface area contributed by atoms with Crippen LogP contribution in [-0.4, -0.2) is 30.7 Å². The van der Waals surface area contributed by atoms with Crippen LogP contribution < -0.4 is 0 Å². The molecular formula is C17H17NO4S. The summed E-state index contributed by atoms with van der Waals surface area (Å²) in [6.07, 6.45) is 0. The van der Waals surface area contributed by atoms with Crippen LogP contribution in [0.15, 0.2) is 30.3 Å². The molecule has 0 saturated carbocycles. The number of benzene rings is 1. The van der Waals surface area contributed by atoms with Gasteiger partial charge >= 0.3 is 11.9 Å². The van der Waals surface area contributed by atoms with E-state index in [1.807, 2.05) is 41.8 Å². The minimum Gasteiger partial charge on any atom is -0.465 e. The molecule has 6 heteroatoms. The van der Waals surface area contributed by atoms with Gasteiger partial charge < -0.3 is 14.0 Å². The molecule has 1 unspecified atom stereocenters. The van der Waals surface area contributed by atoms with Gasteiger partial charge in [0.25, 0.3) is 0 Å². The largest absolute Gasteiger partial charge is 0.465 e. The third-order valence-electron chi connectivity index (χ3n) is 4.03. The minimum atomic E-state index is -0.512. The van der Waals surface area contributed by atoms with Crippen LogP contribution >= 0.6 is 11.8 Å². The Morgan fingerprint density at radius 1 is 1.09 bits per heavy atom. The van der Waals surface area contributed by atoms with Crippen molar-refractivity contribution in [3.63, 3.8) is 0 Å². The summed E-state index contributed by atoms with van der Waals surface area (Å²) in [5.74, 6) is -0.375. The first-order chi connectivity index (χ1) is 11.1. The monoisotopic (exact) mass is 331 g/mol. The molecule has 0 spiro atoms. The highest BCUT2D eigenvalue weighted by Gasteiger charge is 2.37. The summed E-state index contributed by atoms with van der Waals surface area (Å²) in [5.41, 5.74) is 3.29. The fourth-order valence-electron chi connectivity index (χ4n) is 3.00. The van der Waals surface area contributed by atoms with E-state index < -0.39 is 11.9 Å². The molecule has 0 aliphatic carbocycles. The predicted molar refractivity (Wildman–Crippen MR) is 87.7 cm³/mol. The highest BCUT2D eigenvalue weighted by Crippen LogP contribution is 2.45. The molecule has 2 aromatic rings. The fraction of sp³-hybridized carbons (Fsp3) is 0.294. The first-order valence-corrected chi connectivity index (χ1v) is 8.21. The lowest BCUT2D eigenvalue weighted by Crippen LogP contribution is -2.12. The standard InChI is InChI=1S/C17H17NO4S/c1-10-13(16(19)21-2)14(17(20)22-3)12-9-23-15(18(10)12)11-7-5-4-6-8-11/h4-8,15H,9H2,1-3H3. The van der Waals surface area contributed by atoms with Crippen LogP contribution in [0.1, 0.15) is 43.0 Å². The van der Waals surface area contributed by atoms with Crippen LogP contribution in [0.5, 0.6) is 0 Å². The lowest BCUT2D eigenvalue weighted by molar-refractivity contribution is 0.0555. The van der Waals surface area contributed by atoms with Crippen LogP contribution in [0.4, 0.5) is 0 Å². The second kappa shape index (κ2) is 6.12. The quantitative estimate of drug-likeness (QED) is 0.809. The molecule has 0 fully saturated rings. The summed E-state index contributed by atoms with van der Waals surface area (Å²) in [5, 5.41) is 0.0352. The average molecular weight is 331 g/mol. The van der Waals surface area contributed by atoms with Crippen molar-refractivity contribution in [3.05, 3.63) is 58.4 Å². The van der Waals surface area contributed by atoms with Crippen LogP contribution in [0.25, 0.3) is 0 Å². The van der Waals surface area contributed by atoms with Crippen LogP contribution in [0.3, 0.4) is 0 Å². The predicted octanol–water partition coefficient (Wildman–Crippen LogP) is 3.16. The maximum atomic E-state index is 12.2. The third kappa shape index (κ3) is 2.43. The second-order valence-corrected chi connectivity index (χ2v) is 6.28. The van der Waals surface area contributed by atoms with E-state index in [0.29, 0.717) is 16.9 Å². The van der Waals surface area contributed by atoms with E-state index in [1.165, 1.54) is 14.2 Å². The number of fused-ring (bicyclic) bond motifs is 1. The molecule has 0 saturated heterocycles. The molecule has 2 heterocycles. The Kier molecular flexibility index (Phi) is 4.17. The molecule has 0 radical (unpaired) electrons. The summed E-state index contributed by atoms with van der Waals surface area (Å²) < 4.78 is 11.8. The van der Waals surface area contributed by atoms with Crippen molar-refractivity contribution in [3.8, 4) is 0 Å². The van der Waals surface area contributed by atoms with Crippen molar-refractivity contribution in [1.29, 1.82) is 0 Å². The Morgan fingerprint density at radius 2 is 1.70 bits per heavy atom. The van der Waals surface area contributed by atoms with Crippen molar-refractivity contribution in [2.24, 2.45) is 0 Å². The van der Waals surface area contributed by atoms with Crippen molar-refractivity contribution in [2.45, 2.75) is 18.1 Å². The Hall–Kier alpha value is -2.21. The Balaban J connectivity index is 2.20. The number of rotatable bonds is 3. The van der Waals surface area contributed by atoms with Gasteiger partial charge in [0.15, 0.2) is 0 Å². The van der Waals surface area contributed by atoms with Gasteiger partial charge in [0.1, 0.15) is 5.37 Å². The molecule has 5 nitrogen and oxygen atoms in total. The zero-order chi connectivity index (χ0) is 16.6. The lowest BCUT2D eigenvalue weighted by atomic mass is 10.1. The van der Waals surface area contributed by atoms with Gasteiger partial charge in [-0.3, -0.25) is 0 Å². The van der Waals surface area contributed by atoms with Crippen LogP contribution in [-0.2, 0) is 15.2 Å². The van der Waals surface area contributed by atoms with Gasteiger partial charge in [0.2, 0.25) is 0 Å². The Bertz CT molecular complexity index is 767. The summed E-state index contributed by atoms with van der Waals surface area (Å²) in [4.78, 5) is 24.4. The van der Waals surface area contributed by atoms with Gasteiger partial charge in [-0.25, -0.2) is 9.59 Å². The molecule has 120 valence electrons. The SMILES string of the molecule is COC(=O)c1c(C(=O)OC)c2n(c1C)C(c1ccccc1)SC2. The van der Waals surface area contributed by atoms with Crippen molar-refractivity contribution in [1.82, 2.24) is 4.57 Å². The number of ether oxygens (including phenoxy) is 2. The summed E-state index contributed by atoms with van der Waals surface area (Å²) in [6, 6.07) is 10.0. The number of methoxy groups -OCH3 is 2. The van der Waals surface area contributed by atoms with Crippen molar-refractivity contribution < 1.29 is 19.1 Å². The van der Waals surface area contributed by atoms with Crippen molar-refractivity contribution in [2.75, 3.05) is 14.2 Å². The van der Waals surface area contributed by atoms with E-state index in [2.05, 4.69) is 0 Å². The van der Waals surface area contributed by atoms with E-state index in [0.717, 1.165) is 17.0 Å². The van der Waals surface area contributed by atoms with Gasteiger partial charge in [-0.2, -0.15) is 0 Å². The number of hydrogen-bond donors (Lipinski definition) is 0. The number of carbonyl (C=O) groups excluding carboxylic acids is 2. The molecule has 3 rings (SSSR count). The number of thioether (sulfide) groups is 1.